The number of hydrogen-bond acceptors (Lipinski definition) is 4. The molecule has 0 amide bonds. The summed E-state index contributed by atoms with van der Waals surface area (Å²) in [7, 11) is 3.24. The molecule has 4 heteroatoms. The van der Waals surface area contributed by atoms with Crippen LogP contribution in [-0.2, 0) is 9.47 Å². The second-order valence-electron chi connectivity index (χ2n) is 9.32. The normalized spacial score (nSPS) is 27.0. The van der Waals surface area contributed by atoms with Gasteiger partial charge in [0, 0.05) is 20.1 Å². The van der Waals surface area contributed by atoms with Crippen molar-refractivity contribution in [3.63, 3.8) is 0 Å². The molecule has 0 aromatic carbocycles. The highest BCUT2D eigenvalue weighted by Gasteiger charge is 2.47. The molecule has 4 nitrogen and oxygen atoms in total. The Balaban J connectivity index is 2.73. The summed E-state index contributed by atoms with van der Waals surface area (Å²) < 4.78 is 10.4. The Labute approximate surface area is 189 Å². The predicted octanol–water partition coefficient (Wildman–Crippen LogP) is 5.66. The maximum atomic E-state index is 10.7. The molecule has 0 radical (unpaired) electrons. The third kappa shape index (κ3) is 9.12. The van der Waals surface area contributed by atoms with E-state index in [0.717, 1.165) is 23.1 Å². The van der Waals surface area contributed by atoms with Crippen molar-refractivity contribution in [3.05, 3.63) is 71.4 Å². The van der Waals surface area contributed by atoms with E-state index in [9.17, 15) is 10.2 Å². The van der Waals surface area contributed by atoms with Gasteiger partial charge in [0.15, 0.2) is 6.29 Å². The lowest BCUT2D eigenvalue weighted by molar-refractivity contribution is -0.0746. The van der Waals surface area contributed by atoms with Gasteiger partial charge in [0.05, 0.1) is 11.2 Å². The average molecular weight is 431 g/mol. The Morgan fingerprint density at radius 2 is 1.52 bits per heavy atom. The summed E-state index contributed by atoms with van der Waals surface area (Å²) in [5, 5.41) is 21.2. The molecule has 1 saturated carbocycles. The first-order valence-corrected chi connectivity index (χ1v) is 11.0. The van der Waals surface area contributed by atoms with Crippen molar-refractivity contribution < 1.29 is 19.7 Å². The predicted molar refractivity (Wildman–Crippen MR) is 130 cm³/mol. The van der Waals surface area contributed by atoms with Crippen LogP contribution in [0.3, 0.4) is 0 Å². The number of rotatable bonds is 10. The Morgan fingerprint density at radius 1 is 0.968 bits per heavy atom. The summed E-state index contributed by atoms with van der Waals surface area (Å²) in [5.41, 5.74) is 1.65. The molecule has 3 atom stereocenters. The highest BCUT2D eigenvalue weighted by Crippen LogP contribution is 2.46. The minimum Gasteiger partial charge on any atom is -0.390 e. The van der Waals surface area contributed by atoms with Crippen molar-refractivity contribution in [3.8, 4) is 0 Å². The van der Waals surface area contributed by atoms with E-state index in [1.165, 1.54) is 0 Å². The van der Waals surface area contributed by atoms with Gasteiger partial charge in [-0.3, -0.25) is 0 Å². The first kappa shape index (κ1) is 27.3. The first-order valence-electron chi connectivity index (χ1n) is 11.0. The van der Waals surface area contributed by atoms with E-state index in [4.69, 9.17) is 9.47 Å². The van der Waals surface area contributed by atoms with Gasteiger partial charge in [-0.1, -0.05) is 65.8 Å². The van der Waals surface area contributed by atoms with Gasteiger partial charge in [0.25, 0.3) is 0 Å². The molecule has 174 valence electrons. The maximum Gasteiger partial charge on any atom is 0.179 e. The van der Waals surface area contributed by atoms with Crippen LogP contribution in [-0.4, -0.2) is 41.9 Å². The maximum absolute atomic E-state index is 10.7. The van der Waals surface area contributed by atoms with Crippen molar-refractivity contribution in [2.24, 2.45) is 11.8 Å². The fraction of sp³-hybridized carbons (Fsp3) is 0.556. The van der Waals surface area contributed by atoms with Crippen LogP contribution in [0.5, 0.6) is 0 Å². The van der Waals surface area contributed by atoms with Crippen LogP contribution in [0.25, 0.3) is 0 Å². The number of allylic oxidation sites excluding steroid dienone is 10. The molecule has 0 heterocycles. The van der Waals surface area contributed by atoms with Crippen LogP contribution in [0.15, 0.2) is 71.4 Å². The Hall–Kier alpha value is -1.72. The van der Waals surface area contributed by atoms with E-state index in [0.29, 0.717) is 6.42 Å². The molecule has 0 aromatic rings. The van der Waals surface area contributed by atoms with Gasteiger partial charge in [0.2, 0.25) is 0 Å². The summed E-state index contributed by atoms with van der Waals surface area (Å²) >= 11 is 0. The Bertz CT molecular complexity index is 738. The van der Waals surface area contributed by atoms with Crippen LogP contribution in [0.2, 0.25) is 0 Å². The number of ether oxygens (including phenoxy) is 2. The average Bonchev–Trinajstić information content (AvgIpc) is 2.99. The molecule has 31 heavy (non-hydrogen) atoms. The van der Waals surface area contributed by atoms with Crippen LogP contribution in [0.4, 0.5) is 0 Å². The van der Waals surface area contributed by atoms with Gasteiger partial charge >= 0.3 is 0 Å². The second-order valence-corrected chi connectivity index (χ2v) is 9.32. The van der Waals surface area contributed by atoms with E-state index in [1.807, 2.05) is 84.1 Å². The van der Waals surface area contributed by atoms with Crippen molar-refractivity contribution in [2.45, 2.75) is 71.9 Å². The standard InChI is InChI=1S/C27H42O4/c1-20(12-9-10-15-22(3)25(30-7)31-8)13-11-14-21(2)16-17-24-23(26(4,5)28)18-19-27(24,6)29/h9-17,23-25,28-29H,18-19H2,1-8H3/b10-9+,13-11+,17-16+,20-12+,21-14+,22-15+/t23?,24-,27+/m1/s1. The molecule has 0 saturated heterocycles. The van der Waals surface area contributed by atoms with Crippen LogP contribution >= 0.6 is 0 Å². The van der Waals surface area contributed by atoms with Crippen LogP contribution < -0.4 is 0 Å². The van der Waals surface area contributed by atoms with Crippen LogP contribution in [0.1, 0.15) is 54.4 Å². The third-order valence-electron chi connectivity index (χ3n) is 5.93. The molecule has 1 aliphatic rings. The third-order valence-corrected chi connectivity index (χ3v) is 5.93. The van der Waals surface area contributed by atoms with E-state index in [1.54, 1.807) is 14.2 Å². The molecular formula is C27H42O4. The fourth-order valence-corrected chi connectivity index (χ4v) is 4.04. The van der Waals surface area contributed by atoms with Gasteiger partial charge < -0.3 is 19.7 Å². The quantitative estimate of drug-likeness (QED) is 0.347. The minimum absolute atomic E-state index is 0.0554. The molecule has 1 rings (SSSR count). The van der Waals surface area contributed by atoms with Crippen molar-refractivity contribution in [1.29, 1.82) is 0 Å². The smallest absolute Gasteiger partial charge is 0.179 e. The Morgan fingerprint density at radius 3 is 2.10 bits per heavy atom. The van der Waals surface area contributed by atoms with Gasteiger partial charge in [-0.05, 0) is 65.9 Å². The molecule has 0 bridgehead atoms. The van der Waals surface area contributed by atoms with Gasteiger partial charge in [-0.2, -0.15) is 0 Å². The first-order chi connectivity index (χ1) is 14.4. The second kappa shape index (κ2) is 12.4. The lowest BCUT2D eigenvalue weighted by Gasteiger charge is -2.33. The van der Waals surface area contributed by atoms with Crippen molar-refractivity contribution >= 4 is 0 Å². The lowest BCUT2D eigenvalue weighted by atomic mass is 9.78. The van der Waals surface area contributed by atoms with E-state index in [2.05, 4.69) is 12.2 Å². The summed E-state index contributed by atoms with van der Waals surface area (Å²) in [6.45, 7) is 11.6. The molecule has 1 unspecified atom stereocenters. The molecule has 0 aromatic heterocycles. The highest BCUT2D eigenvalue weighted by atomic mass is 16.7. The van der Waals surface area contributed by atoms with Crippen LogP contribution in [0, 0.1) is 11.8 Å². The molecule has 2 N–H and O–H groups in total. The largest absolute Gasteiger partial charge is 0.390 e. The van der Waals surface area contributed by atoms with Gasteiger partial charge in [0.1, 0.15) is 0 Å². The molecule has 1 fully saturated rings. The molecule has 1 aliphatic carbocycles. The SMILES string of the molecule is COC(OC)/C(C)=C/C=C/C=C(C)/C=C/C=C(C)/C=C/[C@@H]1C(C(C)(C)O)CC[C@]1(C)O. The van der Waals surface area contributed by atoms with Gasteiger partial charge in [-0.15, -0.1) is 0 Å². The zero-order valence-electron chi connectivity index (χ0n) is 20.6. The summed E-state index contributed by atoms with van der Waals surface area (Å²) in [6, 6.07) is 0. The Kier molecular flexibility index (Phi) is 10.9. The van der Waals surface area contributed by atoms with E-state index in [-0.39, 0.29) is 18.1 Å². The molecule has 0 spiro atoms. The summed E-state index contributed by atoms with van der Waals surface area (Å²) in [6.07, 6.45) is 19.4. The summed E-state index contributed by atoms with van der Waals surface area (Å²) in [4.78, 5) is 0. The van der Waals surface area contributed by atoms with Crippen molar-refractivity contribution in [1.82, 2.24) is 0 Å². The lowest BCUT2D eigenvalue weighted by Crippen LogP contribution is -2.39. The van der Waals surface area contributed by atoms with Gasteiger partial charge in [-0.25, -0.2) is 0 Å². The monoisotopic (exact) mass is 430 g/mol. The molecule has 0 aliphatic heterocycles. The summed E-state index contributed by atoms with van der Waals surface area (Å²) in [5.74, 6) is -0.00118. The number of hydrogen-bond donors (Lipinski definition) is 2. The fourth-order valence-electron chi connectivity index (χ4n) is 4.04. The zero-order chi connectivity index (χ0) is 23.7. The molecular weight excluding hydrogens is 388 g/mol. The van der Waals surface area contributed by atoms with E-state index < -0.39 is 11.2 Å². The highest BCUT2D eigenvalue weighted by molar-refractivity contribution is 5.30. The minimum atomic E-state index is -0.801. The topological polar surface area (TPSA) is 58.9 Å². The zero-order valence-corrected chi connectivity index (χ0v) is 20.6. The van der Waals surface area contributed by atoms with E-state index >= 15 is 0 Å². The van der Waals surface area contributed by atoms with Crippen molar-refractivity contribution in [2.75, 3.05) is 14.2 Å². The number of methoxy groups -OCH3 is 2. The number of aliphatic hydroxyl groups is 2.